The molecule has 0 spiro atoms. The molecular weight excluding hydrogens is 264 g/mol. The van der Waals surface area contributed by atoms with Crippen molar-refractivity contribution >= 4 is 27.4 Å². The van der Waals surface area contributed by atoms with Crippen molar-refractivity contribution in [2.75, 3.05) is 0 Å². The van der Waals surface area contributed by atoms with Crippen LogP contribution in [0, 0.1) is 0 Å². The average molecular weight is 278 g/mol. The molecule has 0 aliphatic rings. The SMILES string of the molecule is CCc1ccc(S(=O)(=O)OC(C)(C)C(=O)O)s1. The lowest BCUT2D eigenvalue weighted by Crippen LogP contribution is -2.36. The number of thiophene rings is 1. The molecule has 0 atom stereocenters. The Morgan fingerprint density at radius 1 is 1.47 bits per heavy atom. The van der Waals surface area contributed by atoms with Gasteiger partial charge in [0.25, 0.3) is 0 Å². The normalized spacial score (nSPS) is 12.6. The highest BCUT2D eigenvalue weighted by Gasteiger charge is 2.35. The van der Waals surface area contributed by atoms with E-state index >= 15 is 0 Å². The third-order valence-corrected chi connectivity index (χ3v) is 5.22. The monoisotopic (exact) mass is 278 g/mol. The van der Waals surface area contributed by atoms with Gasteiger partial charge in [-0.1, -0.05) is 6.92 Å². The van der Waals surface area contributed by atoms with Crippen LogP contribution in [0.4, 0.5) is 0 Å². The minimum Gasteiger partial charge on any atom is -0.479 e. The molecule has 1 N–H and O–H groups in total. The highest BCUT2D eigenvalue weighted by atomic mass is 32.3. The topological polar surface area (TPSA) is 80.7 Å². The Hall–Kier alpha value is -0.920. The van der Waals surface area contributed by atoms with E-state index in [4.69, 9.17) is 9.29 Å². The van der Waals surface area contributed by atoms with Crippen LogP contribution in [0.2, 0.25) is 0 Å². The fraction of sp³-hybridized carbons (Fsp3) is 0.500. The molecule has 96 valence electrons. The van der Waals surface area contributed by atoms with E-state index in [1.807, 2.05) is 6.92 Å². The van der Waals surface area contributed by atoms with E-state index in [1.165, 1.54) is 19.9 Å². The summed E-state index contributed by atoms with van der Waals surface area (Å²) in [5.74, 6) is -1.33. The van der Waals surface area contributed by atoms with Gasteiger partial charge in [0.05, 0.1) is 0 Å². The Kier molecular flexibility index (Phi) is 3.95. The zero-order valence-electron chi connectivity index (χ0n) is 9.76. The Morgan fingerprint density at radius 2 is 2.06 bits per heavy atom. The van der Waals surface area contributed by atoms with Crippen LogP contribution in [0.3, 0.4) is 0 Å². The van der Waals surface area contributed by atoms with Crippen molar-refractivity contribution in [3.8, 4) is 0 Å². The second-order valence-corrected chi connectivity index (χ2v) is 6.87. The van der Waals surface area contributed by atoms with Gasteiger partial charge in [0.15, 0.2) is 5.60 Å². The molecule has 0 saturated carbocycles. The van der Waals surface area contributed by atoms with Crippen molar-refractivity contribution in [1.82, 2.24) is 0 Å². The number of carbonyl (C=O) groups is 1. The van der Waals surface area contributed by atoms with E-state index in [9.17, 15) is 13.2 Å². The lowest BCUT2D eigenvalue weighted by molar-refractivity contribution is -0.151. The van der Waals surface area contributed by atoms with Gasteiger partial charge in [-0.3, -0.25) is 0 Å². The minimum atomic E-state index is -4.01. The van der Waals surface area contributed by atoms with Gasteiger partial charge in [-0.25, -0.2) is 8.98 Å². The lowest BCUT2D eigenvalue weighted by atomic mass is 10.1. The van der Waals surface area contributed by atoms with Gasteiger partial charge in [-0.05, 0) is 32.4 Å². The van der Waals surface area contributed by atoms with Crippen LogP contribution >= 0.6 is 11.3 Å². The molecular formula is C10H14O5S2. The fourth-order valence-electron chi connectivity index (χ4n) is 1.03. The predicted octanol–water partition coefficient (Wildman–Crippen LogP) is 1.88. The summed E-state index contributed by atoms with van der Waals surface area (Å²) in [6.45, 7) is 4.30. The van der Waals surface area contributed by atoms with Gasteiger partial charge in [-0.15, -0.1) is 11.3 Å². The maximum absolute atomic E-state index is 11.8. The lowest BCUT2D eigenvalue weighted by Gasteiger charge is -2.18. The van der Waals surface area contributed by atoms with Crippen molar-refractivity contribution < 1.29 is 22.5 Å². The van der Waals surface area contributed by atoms with Crippen LogP contribution in [0.1, 0.15) is 25.6 Å². The predicted molar refractivity (Wildman–Crippen MR) is 63.7 cm³/mol. The number of aryl methyl sites for hydroxylation is 1. The highest BCUT2D eigenvalue weighted by molar-refractivity contribution is 7.89. The fourth-order valence-corrected chi connectivity index (χ4v) is 3.48. The quantitative estimate of drug-likeness (QED) is 0.832. The summed E-state index contributed by atoms with van der Waals surface area (Å²) in [6, 6.07) is 3.12. The number of hydrogen-bond donors (Lipinski definition) is 1. The molecule has 0 aromatic carbocycles. The molecule has 1 aromatic heterocycles. The molecule has 0 saturated heterocycles. The Bertz CT molecular complexity index is 513. The number of carboxylic acid groups (broad SMARTS) is 1. The summed E-state index contributed by atoms with van der Waals surface area (Å²) in [6.07, 6.45) is 0.725. The third-order valence-electron chi connectivity index (χ3n) is 2.06. The smallest absolute Gasteiger partial charge is 0.336 e. The number of carboxylic acids is 1. The zero-order chi connectivity index (χ0) is 13.3. The molecule has 0 unspecified atom stereocenters. The van der Waals surface area contributed by atoms with E-state index in [1.54, 1.807) is 6.07 Å². The van der Waals surface area contributed by atoms with Gasteiger partial charge in [0, 0.05) is 4.88 Å². The molecule has 17 heavy (non-hydrogen) atoms. The second kappa shape index (κ2) is 4.75. The first-order valence-electron chi connectivity index (χ1n) is 4.97. The summed E-state index contributed by atoms with van der Waals surface area (Å²) in [7, 11) is -4.01. The van der Waals surface area contributed by atoms with Crippen LogP contribution in [-0.4, -0.2) is 25.1 Å². The third kappa shape index (κ3) is 3.27. The van der Waals surface area contributed by atoms with Crippen LogP contribution in [0.5, 0.6) is 0 Å². The van der Waals surface area contributed by atoms with Crippen LogP contribution in [-0.2, 0) is 25.5 Å². The van der Waals surface area contributed by atoms with E-state index in [0.29, 0.717) is 0 Å². The van der Waals surface area contributed by atoms with Gasteiger partial charge in [0.1, 0.15) is 4.21 Å². The molecule has 0 bridgehead atoms. The van der Waals surface area contributed by atoms with Crippen molar-refractivity contribution in [2.24, 2.45) is 0 Å². The summed E-state index contributed by atoms with van der Waals surface area (Å²) < 4.78 is 28.4. The molecule has 1 heterocycles. The number of rotatable bonds is 5. The molecule has 0 aliphatic heterocycles. The second-order valence-electron chi connectivity index (χ2n) is 3.93. The first kappa shape index (κ1) is 14.1. The Balaban J connectivity index is 3.01. The standard InChI is InChI=1S/C10H14O5S2/c1-4-7-5-6-8(16-7)17(13,14)15-10(2,3)9(11)12/h5-6H,4H2,1-3H3,(H,11,12). The first-order valence-corrected chi connectivity index (χ1v) is 7.19. The van der Waals surface area contributed by atoms with Crippen molar-refractivity contribution in [3.05, 3.63) is 17.0 Å². The van der Waals surface area contributed by atoms with Crippen LogP contribution < -0.4 is 0 Å². The Morgan fingerprint density at radius 3 is 2.47 bits per heavy atom. The van der Waals surface area contributed by atoms with Gasteiger partial charge in [0.2, 0.25) is 0 Å². The van der Waals surface area contributed by atoms with Crippen molar-refractivity contribution in [2.45, 2.75) is 37.0 Å². The molecule has 0 radical (unpaired) electrons. The molecule has 5 nitrogen and oxygen atoms in total. The van der Waals surface area contributed by atoms with E-state index < -0.39 is 21.7 Å². The molecule has 0 amide bonds. The summed E-state index contributed by atoms with van der Waals surface area (Å²) in [5.41, 5.74) is -1.77. The van der Waals surface area contributed by atoms with E-state index in [2.05, 4.69) is 0 Å². The van der Waals surface area contributed by atoms with E-state index in [0.717, 1.165) is 22.6 Å². The average Bonchev–Trinajstić information content (AvgIpc) is 2.64. The van der Waals surface area contributed by atoms with Gasteiger partial charge in [-0.2, -0.15) is 8.42 Å². The van der Waals surface area contributed by atoms with Crippen LogP contribution in [0.25, 0.3) is 0 Å². The molecule has 7 heteroatoms. The van der Waals surface area contributed by atoms with Crippen molar-refractivity contribution in [1.29, 1.82) is 0 Å². The summed E-state index contributed by atoms with van der Waals surface area (Å²) in [5, 5.41) is 8.82. The minimum absolute atomic E-state index is 0.0312. The molecule has 1 rings (SSSR count). The van der Waals surface area contributed by atoms with Crippen LogP contribution in [0.15, 0.2) is 16.3 Å². The maximum atomic E-state index is 11.8. The maximum Gasteiger partial charge on any atom is 0.336 e. The first-order chi connectivity index (χ1) is 7.69. The summed E-state index contributed by atoms with van der Waals surface area (Å²) >= 11 is 1.09. The Labute approximate surface area is 104 Å². The number of hydrogen-bond acceptors (Lipinski definition) is 5. The molecule has 0 aliphatic carbocycles. The zero-order valence-corrected chi connectivity index (χ0v) is 11.4. The largest absolute Gasteiger partial charge is 0.479 e. The molecule has 1 aromatic rings. The summed E-state index contributed by atoms with van der Waals surface area (Å²) in [4.78, 5) is 11.7. The molecule has 0 fully saturated rings. The van der Waals surface area contributed by atoms with Gasteiger partial charge >= 0.3 is 16.1 Å². The van der Waals surface area contributed by atoms with E-state index in [-0.39, 0.29) is 4.21 Å². The van der Waals surface area contributed by atoms with Gasteiger partial charge < -0.3 is 5.11 Å². The van der Waals surface area contributed by atoms with Crippen molar-refractivity contribution in [3.63, 3.8) is 0 Å². The number of aliphatic carboxylic acids is 1. The highest BCUT2D eigenvalue weighted by Crippen LogP contribution is 2.27.